The minimum absolute atomic E-state index is 0.607. The first kappa shape index (κ1) is 13.0. The fourth-order valence-corrected chi connectivity index (χ4v) is 1.56. The molecule has 16 heavy (non-hydrogen) atoms. The van der Waals surface area contributed by atoms with Crippen LogP contribution >= 0.6 is 0 Å². The first-order chi connectivity index (χ1) is 7.76. The summed E-state index contributed by atoms with van der Waals surface area (Å²) in [6.45, 7) is 8.19. The van der Waals surface area contributed by atoms with E-state index in [1.807, 2.05) is 13.0 Å². The van der Waals surface area contributed by atoms with Crippen LogP contribution in [0.3, 0.4) is 0 Å². The van der Waals surface area contributed by atoms with Gasteiger partial charge in [0, 0.05) is 6.04 Å². The standard InChI is InChI=1S/C14H23NO/c1-4-12(3)15-10-9-13-7-6-8-14(11-13)16-5-2/h6-8,11-12,15H,4-5,9-10H2,1-3H3. The second-order valence-corrected chi connectivity index (χ2v) is 4.09. The van der Waals surface area contributed by atoms with Crippen LogP contribution in [0.5, 0.6) is 5.75 Å². The third-order valence-corrected chi connectivity index (χ3v) is 2.73. The topological polar surface area (TPSA) is 21.3 Å². The van der Waals surface area contributed by atoms with Crippen molar-refractivity contribution in [2.45, 2.75) is 39.7 Å². The number of benzene rings is 1. The van der Waals surface area contributed by atoms with E-state index in [-0.39, 0.29) is 0 Å². The molecule has 1 rings (SSSR count). The molecule has 0 spiro atoms. The highest BCUT2D eigenvalue weighted by Crippen LogP contribution is 2.13. The SMILES string of the molecule is CCOc1cccc(CCNC(C)CC)c1. The van der Waals surface area contributed by atoms with E-state index < -0.39 is 0 Å². The third-order valence-electron chi connectivity index (χ3n) is 2.73. The van der Waals surface area contributed by atoms with Crippen molar-refractivity contribution < 1.29 is 4.74 Å². The highest BCUT2D eigenvalue weighted by molar-refractivity contribution is 5.28. The Hall–Kier alpha value is -1.02. The van der Waals surface area contributed by atoms with Gasteiger partial charge < -0.3 is 10.1 Å². The predicted octanol–water partition coefficient (Wildman–Crippen LogP) is 3.02. The number of nitrogens with one attached hydrogen (secondary N) is 1. The molecule has 0 bridgehead atoms. The van der Waals surface area contributed by atoms with Gasteiger partial charge >= 0.3 is 0 Å². The van der Waals surface area contributed by atoms with Crippen molar-refractivity contribution in [3.05, 3.63) is 29.8 Å². The number of ether oxygens (including phenoxy) is 1. The zero-order chi connectivity index (χ0) is 11.8. The summed E-state index contributed by atoms with van der Waals surface area (Å²) in [4.78, 5) is 0. The maximum absolute atomic E-state index is 5.47. The Morgan fingerprint density at radius 1 is 1.31 bits per heavy atom. The highest BCUT2D eigenvalue weighted by Gasteiger charge is 1.99. The summed E-state index contributed by atoms with van der Waals surface area (Å²) in [7, 11) is 0. The quantitative estimate of drug-likeness (QED) is 0.764. The summed E-state index contributed by atoms with van der Waals surface area (Å²) >= 11 is 0. The Labute approximate surface area is 99.0 Å². The van der Waals surface area contributed by atoms with Crippen molar-refractivity contribution >= 4 is 0 Å². The minimum atomic E-state index is 0.607. The average Bonchev–Trinajstić information content (AvgIpc) is 2.30. The number of rotatable bonds is 7. The molecule has 0 aliphatic carbocycles. The molecule has 2 nitrogen and oxygen atoms in total. The van der Waals surface area contributed by atoms with Gasteiger partial charge in [0.05, 0.1) is 6.61 Å². The molecule has 0 radical (unpaired) electrons. The fraction of sp³-hybridized carbons (Fsp3) is 0.571. The Bertz CT molecular complexity index is 299. The molecule has 0 saturated carbocycles. The lowest BCUT2D eigenvalue weighted by Crippen LogP contribution is -2.27. The van der Waals surface area contributed by atoms with Crippen LogP contribution in [0, 0.1) is 0 Å². The van der Waals surface area contributed by atoms with E-state index in [1.165, 1.54) is 12.0 Å². The second kappa shape index (κ2) is 7.29. The van der Waals surface area contributed by atoms with Gasteiger partial charge in [-0.25, -0.2) is 0 Å². The van der Waals surface area contributed by atoms with E-state index in [0.717, 1.165) is 25.3 Å². The van der Waals surface area contributed by atoms with Gasteiger partial charge in [0.25, 0.3) is 0 Å². The van der Waals surface area contributed by atoms with Crippen LogP contribution in [0.1, 0.15) is 32.8 Å². The summed E-state index contributed by atoms with van der Waals surface area (Å²) in [5.41, 5.74) is 1.33. The molecule has 1 aromatic rings. The molecule has 90 valence electrons. The first-order valence-electron chi connectivity index (χ1n) is 6.21. The van der Waals surface area contributed by atoms with Crippen LogP contribution in [0.2, 0.25) is 0 Å². The van der Waals surface area contributed by atoms with Crippen molar-refractivity contribution in [3.8, 4) is 5.75 Å². The van der Waals surface area contributed by atoms with Crippen LogP contribution in [-0.2, 0) is 6.42 Å². The zero-order valence-corrected chi connectivity index (χ0v) is 10.6. The Morgan fingerprint density at radius 3 is 2.81 bits per heavy atom. The molecule has 0 saturated heterocycles. The lowest BCUT2D eigenvalue weighted by Gasteiger charge is -2.11. The van der Waals surface area contributed by atoms with Gasteiger partial charge in [-0.2, -0.15) is 0 Å². The van der Waals surface area contributed by atoms with E-state index in [2.05, 4.69) is 37.4 Å². The molecule has 0 fully saturated rings. The molecule has 1 aromatic carbocycles. The third kappa shape index (κ3) is 4.67. The fourth-order valence-electron chi connectivity index (χ4n) is 1.56. The zero-order valence-electron chi connectivity index (χ0n) is 10.6. The minimum Gasteiger partial charge on any atom is -0.494 e. The molecule has 0 aliphatic heterocycles. The Kier molecular flexibility index (Phi) is 5.94. The molecule has 0 aliphatic rings. The summed E-state index contributed by atoms with van der Waals surface area (Å²) in [5.74, 6) is 0.975. The highest BCUT2D eigenvalue weighted by atomic mass is 16.5. The maximum atomic E-state index is 5.47. The van der Waals surface area contributed by atoms with Gasteiger partial charge in [-0.05, 0) is 50.9 Å². The van der Waals surface area contributed by atoms with Crippen molar-refractivity contribution in [3.63, 3.8) is 0 Å². The molecule has 0 heterocycles. The molecular formula is C14H23NO. The van der Waals surface area contributed by atoms with Crippen LogP contribution in [-0.4, -0.2) is 19.2 Å². The number of hydrogen-bond donors (Lipinski definition) is 1. The van der Waals surface area contributed by atoms with E-state index in [4.69, 9.17) is 4.74 Å². The molecule has 1 atom stereocenters. The smallest absolute Gasteiger partial charge is 0.119 e. The monoisotopic (exact) mass is 221 g/mol. The lowest BCUT2D eigenvalue weighted by atomic mass is 10.1. The first-order valence-corrected chi connectivity index (χ1v) is 6.21. The molecule has 0 aromatic heterocycles. The molecule has 1 N–H and O–H groups in total. The van der Waals surface area contributed by atoms with E-state index >= 15 is 0 Å². The van der Waals surface area contributed by atoms with Gasteiger partial charge in [-0.15, -0.1) is 0 Å². The molecule has 0 amide bonds. The van der Waals surface area contributed by atoms with Crippen LogP contribution in [0.15, 0.2) is 24.3 Å². The predicted molar refractivity (Wildman–Crippen MR) is 69.1 cm³/mol. The summed E-state index contributed by atoms with van der Waals surface area (Å²) in [6.07, 6.45) is 2.24. The van der Waals surface area contributed by atoms with Crippen LogP contribution < -0.4 is 10.1 Å². The summed E-state index contributed by atoms with van der Waals surface area (Å²) < 4.78 is 5.47. The molecule has 1 unspecified atom stereocenters. The maximum Gasteiger partial charge on any atom is 0.119 e. The summed E-state index contributed by atoms with van der Waals surface area (Å²) in [6, 6.07) is 8.96. The summed E-state index contributed by atoms with van der Waals surface area (Å²) in [5, 5.41) is 3.49. The van der Waals surface area contributed by atoms with Crippen molar-refractivity contribution in [2.24, 2.45) is 0 Å². The Balaban J connectivity index is 2.38. The van der Waals surface area contributed by atoms with E-state index in [1.54, 1.807) is 0 Å². The van der Waals surface area contributed by atoms with Gasteiger partial charge in [-0.3, -0.25) is 0 Å². The van der Waals surface area contributed by atoms with Crippen molar-refractivity contribution in [1.82, 2.24) is 5.32 Å². The Morgan fingerprint density at radius 2 is 2.12 bits per heavy atom. The lowest BCUT2D eigenvalue weighted by molar-refractivity contribution is 0.340. The largest absolute Gasteiger partial charge is 0.494 e. The van der Waals surface area contributed by atoms with Crippen molar-refractivity contribution in [1.29, 1.82) is 0 Å². The normalized spacial score (nSPS) is 12.4. The van der Waals surface area contributed by atoms with Crippen molar-refractivity contribution in [2.75, 3.05) is 13.2 Å². The van der Waals surface area contributed by atoms with Crippen LogP contribution in [0.4, 0.5) is 0 Å². The van der Waals surface area contributed by atoms with Gasteiger partial charge in [0.15, 0.2) is 0 Å². The van der Waals surface area contributed by atoms with Gasteiger partial charge in [0.2, 0.25) is 0 Å². The molecule has 2 heteroatoms. The van der Waals surface area contributed by atoms with E-state index in [9.17, 15) is 0 Å². The van der Waals surface area contributed by atoms with E-state index in [0.29, 0.717) is 6.04 Å². The number of hydrogen-bond acceptors (Lipinski definition) is 2. The average molecular weight is 221 g/mol. The molecular weight excluding hydrogens is 198 g/mol. The van der Waals surface area contributed by atoms with Crippen LogP contribution in [0.25, 0.3) is 0 Å². The second-order valence-electron chi connectivity index (χ2n) is 4.09. The van der Waals surface area contributed by atoms with Gasteiger partial charge in [0.1, 0.15) is 5.75 Å². The van der Waals surface area contributed by atoms with Gasteiger partial charge in [-0.1, -0.05) is 19.1 Å².